The van der Waals surface area contributed by atoms with Crippen LogP contribution in [0.5, 0.6) is 0 Å². The van der Waals surface area contributed by atoms with Gasteiger partial charge in [-0.05, 0) is 25.1 Å². The molecular formula is C17H24N4O3. The number of furan rings is 1. The number of aromatic nitrogens is 1. The summed E-state index contributed by atoms with van der Waals surface area (Å²) in [5, 5.41) is 3.24. The van der Waals surface area contributed by atoms with Crippen LogP contribution in [0.15, 0.2) is 33.8 Å². The monoisotopic (exact) mass is 332 g/mol. The minimum absolute atomic E-state index is 0.396. The van der Waals surface area contributed by atoms with Gasteiger partial charge in [-0.15, -0.1) is 0 Å². The van der Waals surface area contributed by atoms with Crippen molar-refractivity contribution in [3.05, 3.63) is 47.2 Å². The van der Waals surface area contributed by atoms with Gasteiger partial charge in [-0.3, -0.25) is 4.99 Å². The van der Waals surface area contributed by atoms with Crippen LogP contribution in [0, 0.1) is 6.92 Å². The van der Waals surface area contributed by atoms with E-state index < -0.39 is 5.97 Å². The van der Waals surface area contributed by atoms with Crippen LogP contribution < -0.4 is 5.32 Å². The van der Waals surface area contributed by atoms with Crippen molar-refractivity contribution in [1.29, 1.82) is 0 Å². The Hall–Kier alpha value is -2.70. The third-order valence-corrected chi connectivity index (χ3v) is 3.82. The van der Waals surface area contributed by atoms with Crippen molar-refractivity contribution in [3.8, 4) is 0 Å². The van der Waals surface area contributed by atoms with Crippen LogP contribution in [0.4, 0.5) is 0 Å². The number of nitrogens with zero attached hydrogens (tertiary/aromatic N) is 3. The van der Waals surface area contributed by atoms with E-state index >= 15 is 0 Å². The van der Waals surface area contributed by atoms with Gasteiger partial charge in [0.25, 0.3) is 0 Å². The number of nitrogens with one attached hydrogen (secondary N) is 1. The zero-order valence-electron chi connectivity index (χ0n) is 14.8. The van der Waals surface area contributed by atoms with Gasteiger partial charge in [-0.2, -0.15) is 0 Å². The van der Waals surface area contributed by atoms with Crippen molar-refractivity contribution in [2.45, 2.75) is 20.0 Å². The second-order valence-corrected chi connectivity index (χ2v) is 5.54. The summed E-state index contributed by atoms with van der Waals surface area (Å²) in [6, 6.07) is 5.78. The number of hydrogen-bond donors (Lipinski definition) is 1. The highest BCUT2D eigenvalue weighted by Crippen LogP contribution is 2.15. The van der Waals surface area contributed by atoms with Crippen LogP contribution in [0.2, 0.25) is 0 Å². The predicted octanol–water partition coefficient (Wildman–Crippen LogP) is 1.92. The Morgan fingerprint density at radius 1 is 1.50 bits per heavy atom. The van der Waals surface area contributed by atoms with Gasteiger partial charge in [0.05, 0.1) is 20.2 Å². The lowest BCUT2D eigenvalue weighted by molar-refractivity contribution is 0.0599. The summed E-state index contributed by atoms with van der Waals surface area (Å²) in [5.74, 6) is 1.55. The van der Waals surface area contributed by atoms with Gasteiger partial charge in [0.2, 0.25) is 0 Å². The molecule has 7 nitrogen and oxygen atoms in total. The summed E-state index contributed by atoms with van der Waals surface area (Å²) < 4.78 is 12.4. The molecule has 0 atom stereocenters. The average Bonchev–Trinajstić information content (AvgIpc) is 3.13. The summed E-state index contributed by atoms with van der Waals surface area (Å²) in [6.45, 7) is 2.90. The summed E-state index contributed by atoms with van der Waals surface area (Å²) in [6.07, 6.45) is 2.01. The number of guanidine groups is 1. The van der Waals surface area contributed by atoms with Crippen LogP contribution in [-0.4, -0.2) is 42.6 Å². The third kappa shape index (κ3) is 3.98. The second kappa shape index (κ2) is 7.72. The van der Waals surface area contributed by atoms with E-state index in [4.69, 9.17) is 9.15 Å². The normalized spacial score (nSPS) is 11.5. The highest BCUT2D eigenvalue weighted by molar-refractivity contribution is 5.90. The van der Waals surface area contributed by atoms with E-state index in [1.807, 2.05) is 31.3 Å². The van der Waals surface area contributed by atoms with Crippen LogP contribution in [0.3, 0.4) is 0 Å². The Bertz CT molecular complexity index is 730. The zero-order valence-corrected chi connectivity index (χ0v) is 14.8. The molecule has 2 aromatic heterocycles. The van der Waals surface area contributed by atoms with Gasteiger partial charge in [0.1, 0.15) is 17.1 Å². The van der Waals surface area contributed by atoms with Gasteiger partial charge in [-0.1, -0.05) is 0 Å². The van der Waals surface area contributed by atoms with E-state index in [0.29, 0.717) is 23.6 Å². The van der Waals surface area contributed by atoms with E-state index in [1.54, 1.807) is 20.0 Å². The number of aryl methyl sites for hydroxylation is 2. The van der Waals surface area contributed by atoms with Crippen LogP contribution in [0.25, 0.3) is 0 Å². The lowest BCUT2D eigenvalue weighted by Gasteiger charge is -2.22. The number of methoxy groups -OCH3 is 1. The molecule has 0 radical (unpaired) electrons. The first-order valence-electron chi connectivity index (χ1n) is 7.65. The van der Waals surface area contributed by atoms with E-state index in [1.165, 1.54) is 12.8 Å². The third-order valence-electron chi connectivity index (χ3n) is 3.82. The minimum Gasteiger partial charge on any atom is -0.465 e. The molecule has 0 saturated carbocycles. The quantitative estimate of drug-likeness (QED) is 0.514. The molecule has 0 spiro atoms. The second-order valence-electron chi connectivity index (χ2n) is 5.54. The Morgan fingerprint density at radius 2 is 2.25 bits per heavy atom. The fraction of sp³-hybridized carbons (Fsp3) is 0.412. The Kier molecular flexibility index (Phi) is 5.68. The maximum absolute atomic E-state index is 11.6. The number of esters is 1. The fourth-order valence-corrected chi connectivity index (χ4v) is 2.47. The van der Waals surface area contributed by atoms with Crippen molar-refractivity contribution in [3.63, 3.8) is 0 Å². The number of carbonyl (C=O) groups excluding carboxylic acids is 1. The molecule has 130 valence electrons. The van der Waals surface area contributed by atoms with Gasteiger partial charge < -0.3 is 23.9 Å². The molecule has 24 heavy (non-hydrogen) atoms. The molecule has 0 amide bonds. The smallest absolute Gasteiger partial charge is 0.341 e. The maximum Gasteiger partial charge on any atom is 0.341 e. The molecular weight excluding hydrogens is 308 g/mol. The lowest BCUT2D eigenvalue weighted by atomic mass is 10.2. The zero-order chi connectivity index (χ0) is 17.7. The number of carbonyl (C=O) groups is 1. The maximum atomic E-state index is 11.6. The van der Waals surface area contributed by atoms with Crippen molar-refractivity contribution in [2.75, 3.05) is 21.2 Å². The van der Waals surface area contributed by atoms with Crippen molar-refractivity contribution in [1.82, 2.24) is 14.8 Å². The first-order valence-corrected chi connectivity index (χ1v) is 7.65. The van der Waals surface area contributed by atoms with E-state index in [0.717, 1.165) is 12.5 Å². The number of ether oxygens (including phenoxy) is 1. The SMILES string of the molecule is CN=C(NCc1cc(C(=O)OC)c(C)o1)N(C)Cc1cccn1C. The largest absolute Gasteiger partial charge is 0.465 e. The van der Waals surface area contributed by atoms with Gasteiger partial charge >= 0.3 is 5.97 Å². The number of aliphatic imine (C=N–C) groups is 1. The molecule has 1 N–H and O–H groups in total. The molecule has 0 bridgehead atoms. The molecule has 2 aromatic rings. The molecule has 2 rings (SSSR count). The highest BCUT2D eigenvalue weighted by Gasteiger charge is 2.16. The van der Waals surface area contributed by atoms with Crippen LogP contribution >= 0.6 is 0 Å². The van der Waals surface area contributed by atoms with Crippen LogP contribution in [0.1, 0.15) is 27.6 Å². The molecule has 0 aliphatic carbocycles. The molecule has 0 aliphatic heterocycles. The average molecular weight is 332 g/mol. The van der Waals surface area contributed by atoms with E-state index in [2.05, 4.69) is 20.9 Å². The molecule has 0 fully saturated rings. The van der Waals surface area contributed by atoms with Crippen molar-refractivity contribution >= 4 is 11.9 Å². The number of hydrogen-bond acceptors (Lipinski definition) is 4. The van der Waals surface area contributed by atoms with E-state index in [-0.39, 0.29) is 0 Å². The molecule has 0 saturated heterocycles. The van der Waals surface area contributed by atoms with Gasteiger partial charge in [0, 0.05) is 33.0 Å². The molecule has 2 heterocycles. The first kappa shape index (κ1) is 17.7. The minimum atomic E-state index is -0.396. The number of rotatable bonds is 5. The summed E-state index contributed by atoms with van der Waals surface area (Å²) in [7, 11) is 7.07. The fourth-order valence-electron chi connectivity index (χ4n) is 2.47. The Balaban J connectivity index is 1.99. The summed E-state index contributed by atoms with van der Waals surface area (Å²) >= 11 is 0. The predicted molar refractivity (Wildman–Crippen MR) is 91.9 cm³/mol. The summed E-state index contributed by atoms with van der Waals surface area (Å²) in [5.41, 5.74) is 1.63. The molecule has 0 aliphatic rings. The van der Waals surface area contributed by atoms with Gasteiger partial charge in [0.15, 0.2) is 5.96 Å². The van der Waals surface area contributed by atoms with Crippen molar-refractivity contribution in [2.24, 2.45) is 12.0 Å². The molecule has 0 unspecified atom stereocenters. The first-order chi connectivity index (χ1) is 11.5. The Labute approximate surface area is 141 Å². The molecule has 0 aromatic carbocycles. The topological polar surface area (TPSA) is 72.0 Å². The standard InChI is InChI=1S/C17H24N4O3/c1-12-15(16(22)23-5)9-14(24-12)10-19-17(18-2)21(4)11-13-7-6-8-20(13)3/h6-9H,10-11H2,1-5H3,(H,18,19). The van der Waals surface area contributed by atoms with Crippen molar-refractivity contribution < 1.29 is 13.9 Å². The van der Waals surface area contributed by atoms with Crippen LogP contribution in [-0.2, 0) is 24.9 Å². The highest BCUT2D eigenvalue weighted by atomic mass is 16.5. The Morgan fingerprint density at radius 3 is 2.83 bits per heavy atom. The van der Waals surface area contributed by atoms with Gasteiger partial charge in [-0.25, -0.2) is 4.79 Å². The lowest BCUT2D eigenvalue weighted by Crippen LogP contribution is -2.38. The molecule has 7 heteroatoms. The summed E-state index contributed by atoms with van der Waals surface area (Å²) in [4.78, 5) is 17.9. The van der Waals surface area contributed by atoms with E-state index in [9.17, 15) is 4.79 Å².